The molecule has 6 nitrogen and oxygen atoms in total. The molecule has 6 heteroatoms. The molecule has 1 heterocycles. The number of non-ortho nitro benzene ring substituents is 1. The van der Waals surface area contributed by atoms with Crippen molar-refractivity contribution >= 4 is 17.4 Å². The molecule has 1 aromatic rings. The van der Waals surface area contributed by atoms with Crippen LogP contribution in [0.15, 0.2) is 24.3 Å². The fraction of sp³-hybridized carbons (Fsp3) is 0.467. The second kappa shape index (κ2) is 6.47. The van der Waals surface area contributed by atoms with Gasteiger partial charge in [0, 0.05) is 43.6 Å². The first-order chi connectivity index (χ1) is 9.99. The SMILES string of the molecule is CN1CCCC[C@H](CC(=O)c2ccc([N+](=O)[O-])cc2)C1=O. The van der Waals surface area contributed by atoms with Gasteiger partial charge < -0.3 is 4.90 Å². The zero-order chi connectivity index (χ0) is 15.4. The minimum absolute atomic E-state index is 0.0164. The van der Waals surface area contributed by atoms with Crippen LogP contribution in [0.25, 0.3) is 0 Å². The average Bonchev–Trinajstić information content (AvgIpc) is 2.63. The molecule has 112 valence electrons. The van der Waals surface area contributed by atoms with Crippen molar-refractivity contribution in [3.63, 3.8) is 0 Å². The van der Waals surface area contributed by atoms with Gasteiger partial charge in [0.2, 0.25) is 5.91 Å². The first-order valence-corrected chi connectivity index (χ1v) is 7.01. The summed E-state index contributed by atoms with van der Waals surface area (Å²) in [5, 5.41) is 10.6. The van der Waals surface area contributed by atoms with Gasteiger partial charge in [0.05, 0.1) is 4.92 Å². The van der Waals surface area contributed by atoms with Gasteiger partial charge >= 0.3 is 0 Å². The van der Waals surface area contributed by atoms with Gasteiger partial charge in [-0.2, -0.15) is 0 Å². The molecular formula is C15H18N2O4. The number of amides is 1. The van der Waals surface area contributed by atoms with Crippen LogP contribution in [0.3, 0.4) is 0 Å². The molecular weight excluding hydrogens is 272 g/mol. The van der Waals surface area contributed by atoms with Crippen LogP contribution in [0.1, 0.15) is 36.0 Å². The second-order valence-electron chi connectivity index (χ2n) is 5.38. The van der Waals surface area contributed by atoms with E-state index >= 15 is 0 Å². The number of nitro groups is 1. The van der Waals surface area contributed by atoms with Gasteiger partial charge in [0.15, 0.2) is 5.78 Å². The smallest absolute Gasteiger partial charge is 0.269 e. The maximum Gasteiger partial charge on any atom is 0.269 e. The summed E-state index contributed by atoms with van der Waals surface area (Å²) in [5.41, 5.74) is 0.372. The Morgan fingerprint density at radius 2 is 2.00 bits per heavy atom. The molecule has 21 heavy (non-hydrogen) atoms. The Labute approximate surface area is 122 Å². The van der Waals surface area contributed by atoms with E-state index in [2.05, 4.69) is 0 Å². The van der Waals surface area contributed by atoms with E-state index in [0.29, 0.717) is 5.56 Å². The average molecular weight is 290 g/mol. The summed E-state index contributed by atoms with van der Waals surface area (Å²) < 4.78 is 0. The fourth-order valence-electron chi connectivity index (χ4n) is 2.59. The fourth-order valence-corrected chi connectivity index (χ4v) is 2.59. The Hall–Kier alpha value is -2.24. The summed E-state index contributed by atoms with van der Waals surface area (Å²) >= 11 is 0. The monoisotopic (exact) mass is 290 g/mol. The number of carbonyl (C=O) groups is 2. The van der Waals surface area contributed by atoms with Crippen LogP contribution in [0.2, 0.25) is 0 Å². The summed E-state index contributed by atoms with van der Waals surface area (Å²) in [4.78, 5) is 36.1. The highest BCUT2D eigenvalue weighted by Gasteiger charge is 2.27. The number of nitro benzene ring substituents is 1. The lowest BCUT2D eigenvalue weighted by atomic mass is 9.93. The van der Waals surface area contributed by atoms with E-state index in [1.165, 1.54) is 24.3 Å². The first-order valence-electron chi connectivity index (χ1n) is 7.01. The number of Topliss-reactive ketones (excluding diaryl/α,β-unsaturated/α-hetero) is 1. The molecule has 1 aromatic carbocycles. The minimum Gasteiger partial charge on any atom is -0.346 e. The highest BCUT2D eigenvalue weighted by atomic mass is 16.6. The van der Waals surface area contributed by atoms with Gasteiger partial charge in [-0.05, 0) is 25.0 Å². The molecule has 1 atom stereocenters. The summed E-state index contributed by atoms with van der Waals surface area (Å²) in [5.74, 6) is -0.401. The van der Waals surface area contributed by atoms with Crippen LogP contribution in [0.4, 0.5) is 5.69 Å². The Bertz CT molecular complexity index is 553. The number of likely N-dealkylation sites (tertiary alicyclic amines) is 1. The maximum atomic E-state index is 12.2. The quantitative estimate of drug-likeness (QED) is 0.484. The van der Waals surface area contributed by atoms with Crippen LogP contribution in [-0.2, 0) is 4.79 Å². The van der Waals surface area contributed by atoms with E-state index in [1.54, 1.807) is 11.9 Å². The lowest BCUT2D eigenvalue weighted by Crippen LogP contribution is -2.32. The molecule has 0 N–H and O–H groups in total. The lowest BCUT2D eigenvalue weighted by Gasteiger charge is -2.19. The summed E-state index contributed by atoms with van der Waals surface area (Å²) in [6, 6.07) is 5.53. The van der Waals surface area contributed by atoms with Gasteiger partial charge in [0.25, 0.3) is 5.69 Å². The molecule has 0 aliphatic carbocycles. The molecule has 0 unspecified atom stereocenters. The second-order valence-corrected chi connectivity index (χ2v) is 5.38. The van der Waals surface area contributed by atoms with Crippen molar-refractivity contribution in [2.75, 3.05) is 13.6 Å². The number of ketones is 1. The predicted molar refractivity (Wildman–Crippen MR) is 77.0 cm³/mol. The normalized spacial score (nSPS) is 19.2. The Balaban J connectivity index is 2.06. The Kier molecular flexibility index (Phi) is 4.67. The zero-order valence-electron chi connectivity index (χ0n) is 11.9. The van der Waals surface area contributed by atoms with E-state index in [4.69, 9.17) is 0 Å². The Morgan fingerprint density at radius 1 is 1.33 bits per heavy atom. The third-order valence-electron chi connectivity index (χ3n) is 3.85. The number of nitrogens with zero attached hydrogens (tertiary/aromatic N) is 2. The summed E-state index contributed by atoms with van der Waals surface area (Å²) in [7, 11) is 1.76. The van der Waals surface area contributed by atoms with Crippen LogP contribution >= 0.6 is 0 Å². The highest BCUT2D eigenvalue weighted by Crippen LogP contribution is 2.22. The zero-order valence-corrected chi connectivity index (χ0v) is 11.9. The van der Waals surface area contributed by atoms with Crippen LogP contribution in [0, 0.1) is 16.0 Å². The van der Waals surface area contributed by atoms with Crippen molar-refractivity contribution in [2.45, 2.75) is 25.7 Å². The van der Waals surface area contributed by atoms with Gasteiger partial charge in [-0.15, -0.1) is 0 Å². The third kappa shape index (κ3) is 3.65. The van der Waals surface area contributed by atoms with Gasteiger partial charge in [0.1, 0.15) is 0 Å². The van der Waals surface area contributed by atoms with E-state index in [-0.39, 0.29) is 29.7 Å². The standard InChI is InChI=1S/C15H18N2O4/c1-16-9-3-2-4-12(15(16)19)10-14(18)11-5-7-13(8-6-11)17(20)21/h5-8,12H,2-4,9-10H2,1H3/t12-/m1/s1. The van der Waals surface area contributed by atoms with Crippen molar-refractivity contribution in [3.05, 3.63) is 39.9 Å². The van der Waals surface area contributed by atoms with Crippen LogP contribution < -0.4 is 0 Å². The molecule has 0 saturated carbocycles. The number of rotatable bonds is 4. The van der Waals surface area contributed by atoms with Crippen molar-refractivity contribution in [2.24, 2.45) is 5.92 Å². The summed E-state index contributed by atoms with van der Waals surface area (Å²) in [6.07, 6.45) is 2.79. The van der Waals surface area contributed by atoms with E-state index < -0.39 is 4.92 Å². The lowest BCUT2D eigenvalue weighted by molar-refractivity contribution is -0.384. The Morgan fingerprint density at radius 3 is 2.62 bits per heavy atom. The largest absolute Gasteiger partial charge is 0.346 e. The molecule has 0 radical (unpaired) electrons. The third-order valence-corrected chi connectivity index (χ3v) is 3.85. The van der Waals surface area contributed by atoms with E-state index in [9.17, 15) is 19.7 Å². The van der Waals surface area contributed by atoms with Gasteiger partial charge in [-0.25, -0.2) is 0 Å². The first kappa shape index (κ1) is 15.2. The molecule has 1 aliphatic heterocycles. The molecule has 2 rings (SSSR count). The molecule has 0 bridgehead atoms. The van der Waals surface area contributed by atoms with Crippen molar-refractivity contribution in [3.8, 4) is 0 Å². The van der Waals surface area contributed by atoms with E-state index in [0.717, 1.165) is 25.8 Å². The molecule has 1 fully saturated rings. The molecule has 0 spiro atoms. The van der Waals surface area contributed by atoms with Crippen LogP contribution in [0.5, 0.6) is 0 Å². The van der Waals surface area contributed by atoms with Crippen molar-refractivity contribution in [1.82, 2.24) is 4.90 Å². The molecule has 0 aromatic heterocycles. The minimum atomic E-state index is -0.502. The molecule has 1 aliphatic rings. The maximum absolute atomic E-state index is 12.2. The number of hydrogen-bond donors (Lipinski definition) is 0. The van der Waals surface area contributed by atoms with Crippen LogP contribution in [-0.4, -0.2) is 35.1 Å². The van der Waals surface area contributed by atoms with Crippen molar-refractivity contribution in [1.29, 1.82) is 0 Å². The summed E-state index contributed by atoms with van der Waals surface area (Å²) in [6.45, 7) is 0.737. The van der Waals surface area contributed by atoms with Crippen molar-refractivity contribution < 1.29 is 14.5 Å². The number of carbonyl (C=O) groups excluding carboxylic acids is 2. The molecule has 1 saturated heterocycles. The van der Waals surface area contributed by atoms with Gasteiger partial charge in [-0.3, -0.25) is 19.7 Å². The predicted octanol–water partition coefficient (Wildman–Crippen LogP) is 2.43. The van der Waals surface area contributed by atoms with E-state index in [1.807, 2.05) is 0 Å². The number of hydrogen-bond acceptors (Lipinski definition) is 4. The highest BCUT2D eigenvalue weighted by molar-refractivity contribution is 5.98. The van der Waals surface area contributed by atoms with Gasteiger partial charge in [-0.1, -0.05) is 6.42 Å². The molecule has 1 amide bonds. The topological polar surface area (TPSA) is 80.5 Å². The number of benzene rings is 1.